The average molecular weight is 465 g/mol. The van der Waals surface area contributed by atoms with Gasteiger partial charge in [-0.15, -0.1) is 5.10 Å². The van der Waals surface area contributed by atoms with Crippen LogP contribution in [-0.2, 0) is 19.6 Å². The Morgan fingerprint density at radius 1 is 1.16 bits per heavy atom. The van der Waals surface area contributed by atoms with Crippen molar-refractivity contribution in [1.82, 2.24) is 14.2 Å². The third-order valence-corrected chi connectivity index (χ3v) is 7.10. The standard InChI is InChI=1S/C20H21ClN4O5S/c1-14(26)30-25-19-8-3-15(21)13-18(19)20(22-25)23(2)16-4-6-17(7-5-16)31(27,28)24-9-11-29-12-10-24/h3-8,13H,9-12H2,1-2H3. The molecule has 3 aromatic rings. The van der Waals surface area contributed by atoms with Gasteiger partial charge in [0.05, 0.1) is 18.1 Å². The molecule has 0 aliphatic carbocycles. The first-order chi connectivity index (χ1) is 14.8. The molecule has 1 aromatic heterocycles. The average Bonchev–Trinajstić information content (AvgIpc) is 3.10. The Morgan fingerprint density at radius 3 is 2.48 bits per heavy atom. The summed E-state index contributed by atoms with van der Waals surface area (Å²) in [7, 11) is -1.79. The van der Waals surface area contributed by atoms with Gasteiger partial charge in [0.1, 0.15) is 5.52 Å². The number of fused-ring (bicyclic) bond motifs is 1. The molecular formula is C20H21ClN4O5S. The lowest BCUT2D eigenvalue weighted by Crippen LogP contribution is -2.40. The fraction of sp³-hybridized carbons (Fsp3) is 0.300. The number of nitrogens with zero attached hydrogens (tertiary/aromatic N) is 4. The van der Waals surface area contributed by atoms with Gasteiger partial charge in [-0.1, -0.05) is 16.4 Å². The summed E-state index contributed by atoms with van der Waals surface area (Å²) in [6.07, 6.45) is 0. The van der Waals surface area contributed by atoms with Crippen LogP contribution in [0, 0.1) is 0 Å². The van der Waals surface area contributed by atoms with Crippen molar-refractivity contribution in [3.8, 4) is 0 Å². The highest BCUT2D eigenvalue weighted by molar-refractivity contribution is 7.89. The van der Waals surface area contributed by atoms with Crippen LogP contribution in [0.4, 0.5) is 11.5 Å². The first-order valence-electron chi connectivity index (χ1n) is 9.56. The minimum Gasteiger partial charge on any atom is -0.379 e. The second-order valence-electron chi connectivity index (χ2n) is 7.01. The largest absolute Gasteiger partial charge is 0.379 e. The van der Waals surface area contributed by atoms with Crippen molar-refractivity contribution >= 4 is 50.0 Å². The zero-order valence-corrected chi connectivity index (χ0v) is 18.6. The molecule has 9 nitrogen and oxygen atoms in total. The van der Waals surface area contributed by atoms with Gasteiger partial charge < -0.3 is 14.5 Å². The summed E-state index contributed by atoms with van der Waals surface area (Å²) < 4.78 is 32.3. The number of aromatic nitrogens is 2. The number of carbonyl (C=O) groups is 1. The predicted molar refractivity (Wildman–Crippen MR) is 116 cm³/mol. The van der Waals surface area contributed by atoms with Crippen molar-refractivity contribution in [2.45, 2.75) is 11.8 Å². The van der Waals surface area contributed by atoms with Gasteiger partial charge >= 0.3 is 5.97 Å². The Labute approximate surface area is 184 Å². The number of hydrogen-bond donors (Lipinski definition) is 0. The molecular weight excluding hydrogens is 444 g/mol. The molecule has 31 heavy (non-hydrogen) atoms. The number of ether oxygens (including phenoxy) is 1. The number of morpholine rings is 1. The summed E-state index contributed by atoms with van der Waals surface area (Å²) in [5, 5.41) is 5.58. The summed E-state index contributed by atoms with van der Waals surface area (Å²) in [5.41, 5.74) is 1.28. The number of anilines is 2. The SMILES string of the molecule is CC(=O)On1nc(N(C)c2ccc(S(=O)(=O)N3CCOCC3)cc2)c2cc(Cl)ccc21. The van der Waals surface area contributed by atoms with E-state index in [1.165, 1.54) is 11.2 Å². The van der Waals surface area contributed by atoms with E-state index in [9.17, 15) is 13.2 Å². The van der Waals surface area contributed by atoms with E-state index in [1.807, 2.05) is 0 Å². The summed E-state index contributed by atoms with van der Waals surface area (Å²) in [5.74, 6) is -0.00578. The molecule has 1 aliphatic rings. The lowest BCUT2D eigenvalue weighted by Gasteiger charge is -2.26. The molecule has 0 spiro atoms. The quantitative estimate of drug-likeness (QED) is 0.572. The molecule has 0 unspecified atom stereocenters. The number of benzene rings is 2. The molecule has 11 heteroatoms. The van der Waals surface area contributed by atoms with Crippen LogP contribution in [0.5, 0.6) is 0 Å². The zero-order chi connectivity index (χ0) is 22.2. The summed E-state index contributed by atoms with van der Waals surface area (Å²) in [6, 6.07) is 11.7. The van der Waals surface area contributed by atoms with E-state index >= 15 is 0 Å². The van der Waals surface area contributed by atoms with Crippen LogP contribution in [0.1, 0.15) is 6.92 Å². The van der Waals surface area contributed by atoms with Gasteiger partial charge in [-0.05, 0) is 42.5 Å². The molecule has 0 radical (unpaired) electrons. The van der Waals surface area contributed by atoms with Crippen molar-refractivity contribution in [1.29, 1.82) is 0 Å². The summed E-state index contributed by atoms with van der Waals surface area (Å²) >= 11 is 6.16. The van der Waals surface area contributed by atoms with E-state index < -0.39 is 16.0 Å². The lowest BCUT2D eigenvalue weighted by atomic mass is 10.2. The Bertz CT molecular complexity index is 1220. The van der Waals surface area contributed by atoms with Crippen LogP contribution in [-0.4, -0.2) is 62.0 Å². The molecule has 0 amide bonds. The first kappa shape index (κ1) is 21.6. The molecule has 2 heterocycles. The monoisotopic (exact) mass is 464 g/mol. The number of halogens is 1. The van der Waals surface area contributed by atoms with E-state index in [4.69, 9.17) is 21.2 Å². The van der Waals surface area contributed by atoms with Crippen molar-refractivity contribution in [3.05, 3.63) is 47.5 Å². The van der Waals surface area contributed by atoms with Crippen LogP contribution in [0.2, 0.25) is 5.02 Å². The molecule has 1 fully saturated rings. The van der Waals surface area contributed by atoms with Crippen molar-refractivity contribution < 1.29 is 22.8 Å². The summed E-state index contributed by atoms with van der Waals surface area (Å²) in [6.45, 7) is 2.75. The molecule has 1 saturated heterocycles. The van der Waals surface area contributed by atoms with Gasteiger partial charge in [-0.2, -0.15) is 4.31 Å². The van der Waals surface area contributed by atoms with Crippen molar-refractivity contribution in [2.75, 3.05) is 38.3 Å². The normalized spacial score (nSPS) is 15.2. The van der Waals surface area contributed by atoms with E-state index in [1.54, 1.807) is 54.4 Å². The molecule has 4 rings (SSSR count). The van der Waals surface area contributed by atoms with Gasteiger partial charge in [-0.25, -0.2) is 13.2 Å². The number of carbonyl (C=O) groups excluding carboxylic acids is 1. The number of hydrogen-bond acceptors (Lipinski definition) is 7. The maximum atomic E-state index is 12.8. The molecule has 0 N–H and O–H groups in total. The van der Waals surface area contributed by atoms with E-state index in [-0.39, 0.29) is 4.90 Å². The fourth-order valence-corrected chi connectivity index (χ4v) is 4.97. The van der Waals surface area contributed by atoms with E-state index in [0.29, 0.717) is 53.7 Å². The van der Waals surface area contributed by atoms with Gasteiger partial charge in [-0.3, -0.25) is 0 Å². The third-order valence-electron chi connectivity index (χ3n) is 4.96. The highest BCUT2D eigenvalue weighted by Crippen LogP contribution is 2.32. The predicted octanol–water partition coefficient (Wildman–Crippen LogP) is 2.45. The summed E-state index contributed by atoms with van der Waals surface area (Å²) in [4.78, 5) is 19.7. The Morgan fingerprint density at radius 2 is 1.84 bits per heavy atom. The van der Waals surface area contributed by atoms with Crippen LogP contribution in [0.3, 0.4) is 0 Å². The molecule has 2 aromatic carbocycles. The van der Waals surface area contributed by atoms with Gasteiger partial charge in [0, 0.05) is 43.2 Å². The second kappa shape index (κ2) is 8.46. The first-order valence-corrected chi connectivity index (χ1v) is 11.4. The van der Waals surface area contributed by atoms with Crippen molar-refractivity contribution in [2.24, 2.45) is 0 Å². The van der Waals surface area contributed by atoms with Crippen molar-refractivity contribution in [3.63, 3.8) is 0 Å². The Balaban J connectivity index is 1.67. The lowest BCUT2D eigenvalue weighted by molar-refractivity contribution is -0.142. The minimum absolute atomic E-state index is 0.213. The van der Waals surface area contributed by atoms with E-state index in [2.05, 4.69) is 5.10 Å². The maximum absolute atomic E-state index is 12.8. The molecule has 1 aliphatic heterocycles. The maximum Gasteiger partial charge on any atom is 0.331 e. The third kappa shape index (κ3) is 4.24. The number of rotatable bonds is 5. The fourth-order valence-electron chi connectivity index (χ4n) is 3.39. The van der Waals surface area contributed by atoms with Gasteiger partial charge in [0.15, 0.2) is 5.82 Å². The van der Waals surface area contributed by atoms with E-state index in [0.717, 1.165) is 4.85 Å². The van der Waals surface area contributed by atoms with Crippen LogP contribution in [0.25, 0.3) is 10.9 Å². The van der Waals surface area contributed by atoms with Crippen LogP contribution in [0.15, 0.2) is 47.4 Å². The Kier molecular flexibility index (Phi) is 5.89. The van der Waals surface area contributed by atoms with Crippen LogP contribution >= 0.6 is 11.6 Å². The second-order valence-corrected chi connectivity index (χ2v) is 9.38. The highest BCUT2D eigenvalue weighted by Gasteiger charge is 2.26. The zero-order valence-electron chi connectivity index (χ0n) is 17.0. The highest BCUT2D eigenvalue weighted by atomic mass is 35.5. The smallest absolute Gasteiger partial charge is 0.331 e. The minimum atomic E-state index is -3.58. The van der Waals surface area contributed by atoms with Gasteiger partial charge in [0.2, 0.25) is 10.0 Å². The molecule has 0 bridgehead atoms. The van der Waals surface area contributed by atoms with Crippen LogP contribution < -0.4 is 9.74 Å². The Hall–Kier alpha value is -2.66. The molecule has 0 saturated carbocycles. The molecule has 0 atom stereocenters. The topological polar surface area (TPSA) is 94.0 Å². The van der Waals surface area contributed by atoms with Gasteiger partial charge in [0.25, 0.3) is 0 Å². The molecule has 164 valence electrons. The number of sulfonamides is 1.